The number of carbonyl (C=O) groups is 1. The minimum atomic E-state index is -0.961. The highest BCUT2D eigenvalue weighted by Crippen LogP contribution is 2.27. The molecule has 2 aromatic rings. The summed E-state index contributed by atoms with van der Waals surface area (Å²) in [6.07, 6.45) is 0. The molecule has 0 heterocycles. The Labute approximate surface area is 105 Å². The quantitative estimate of drug-likeness (QED) is 0.824. The van der Waals surface area contributed by atoms with Crippen LogP contribution in [-0.4, -0.2) is 31.4 Å². The molecular formula is C14H14O4. The molecule has 18 heavy (non-hydrogen) atoms. The van der Waals surface area contributed by atoms with Crippen molar-refractivity contribution in [3.63, 3.8) is 0 Å². The van der Waals surface area contributed by atoms with Crippen LogP contribution in [0.25, 0.3) is 10.8 Å². The average Bonchev–Trinajstić information content (AvgIpc) is 2.38. The summed E-state index contributed by atoms with van der Waals surface area (Å²) in [6.45, 7) is 0.856. The van der Waals surface area contributed by atoms with E-state index in [1.165, 1.54) is 0 Å². The fraction of sp³-hybridized carbons (Fsp3) is 0.214. The molecule has 0 amide bonds. The van der Waals surface area contributed by atoms with Gasteiger partial charge in [-0.25, -0.2) is 4.79 Å². The van der Waals surface area contributed by atoms with Crippen LogP contribution in [0.2, 0.25) is 0 Å². The summed E-state index contributed by atoms with van der Waals surface area (Å²) < 4.78 is 10.5. The van der Waals surface area contributed by atoms with Gasteiger partial charge >= 0.3 is 5.97 Å². The van der Waals surface area contributed by atoms with Crippen molar-refractivity contribution in [2.75, 3.05) is 20.3 Å². The molecule has 0 spiro atoms. The Bertz CT molecular complexity index is 563. The van der Waals surface area contributed by atoms with Gasteiger partial charge in [-0.3, -0.25) is 0 Å². The van der Waals surface area contributed by atoms with Crippen molar-refractivity contribution in [2.24, 2.45) is 0 Å². The fourth-order valence-corrected chi connectivity index (χ4v) is 1.75. The van der Waals surface area contributed by atoms with Crippen LogP contribution in [0.1, 0.15) is 10.4 Å². The predicted octanol–water partition coefficient (Wildman–Crippen LogP) is 2.56. The zero-order valence-corrected chi connectivity index (χ0v) is 10.1. The lowest BCUT2D eigenvalue weighted by Crippen LogP contribution is -2.06. The van der Waals surface area contributed by atoms with Gasteiger partial charge in [-0.05, 0) is 17.5 Å². The van der Waals surface area contributed by atoms with Crippen molar-refractivity contribution in [2.45, 2.75) is 0 Å². The second kappa shape index (κ2) is 5.51. The largest absolute Gasteiger partial charge is 0.491 e. The third kappa shape index (κ3) is 2.60. The third-order valence-electron chi connectivity index (χ3n) is 2.62. The molecule has 0 aliphatic carbocycles. The number of hydrogen-bond donors (Lipinski definition) is 1. The Balaban J connectivity index is 2.43. The summed E-state index contributed by atoms with van der Waals surface area (Å²) in [5, 5.41) is 10.8. The van der Waals surface area contributed by atoms with E-state index in [2.05, 4.69) is 0 Å². The van der Waals surface area contributed by atoms with E-state index in [-0.39, 0.29) is 5.56 Å². The van der Waals surface area contributed by atoms with Gasteiger partial charge in [0, 0.05) is 12.5 Å². The molecule has 0 fully saturated rings. The number of methoxy groups -OCH3 is 1. The van der Waals surface area contributed by atoms with Crippen molar-refractivity contribution in [3.8, 4) is 5.75 Å². The molecule has 0 bridgehead atoms. The predicted molar refractivity (Wildman–Crippen MR) is 68.3 cm³/mol. The monoisotopic (exact) mass is 246 g/mol. The lowest BCUT2D eigenvalue weighted by Gasteiger charge is -2.10. The van der Waals surface area contributed by atoms with E-state index in [9.17, 15) is 4.79 Å². The molecule has 0 saturated carbocycles. The third-order valence-corrected chi connectivity index (χ3v) is 2.62. The normalized spacial score (nSPS) is 10.5. The van der Waals surface area contributed by atoms with Gasteiger partial charge in [-0.1, -0.05) is 24.3 Å². The van der Waals surface area contributed by atoms with E-state index in [0.29, 0.717) is 19.0 Å². The molecular weight excluding hydrogens is 232 g/mol. The first-order valence-electron chi connectivity index (χ1n) is 5.60. The van der Waals surface area contributed by atoms with Gasteiger partial charge in [0.2, 0.25) is 0 Å². The van der Waals surface area contributed by atoms with Gasteiger partial charge in [0.25, 0.3) is 0 Å². The van der Waals surface area contributed by atoms with Crippen LogP contribution < -0.4 is 4.74 Å². The number of carboxylic acids is 1. The fourth-order valence-electron chi connectivity index (χ4n) is 1.75. The van der Waals surface area contributed by atoms with Crippen LogP contribution in [0.3, 0.4) is 0 Å². The number of ether oxygens (including phenoxy) is 2. The van der Waals surface area contributed by atoms with Gasteiger partial charge in [0.1, 0.15) is 12.4 Å². The molecule has 0 saturated heterocycles. The van der Waals surface area contributed by atoms with Crippen LogP contribution in [0.15, 0.2) is 36.4 Å². The van der Waals surface area contributed by atoms with Gasteiger partial charge in [0.15, 0.2) is 0 Å². The highest BCUT2D eigenvalue weighted by Gasteiger charge is 2.09. The molecule has 0 aromatic heterocycles. The molecule has 4 nitrogen and oxygen atoms in total. The Morgan fingerprint density at radius 3 is 2.72 bits per heavy atom. The zero-order chi connectivity index (χ0) is 13.0. The summed E-state index contributed by atoms with van der Waals surface area (Å²) in [7, 11) is 1.59. The molecule has 1 N–H and O–H groups in total. The van der Waals surface area contributed by atoms with Gasteiger partial charge in [0.05, 0.1) is 12.2 Å². The minimum absolute atomic E-state index is 0.223. The van der Waals surface area contributed by atoms with Crippen LogP contribution in [-0.2, 0) is 4.74 Å². The first-order chi connectivity index (χ1) is 8.72. The van der Waals surface area contributed by atoms with Crippen LogP contribution >= 0.6 is 0 Å². The second-order valence-corrected chi connectivity index (χ2v) is 3.84. The first kappa shape index (κ1) is 12.4. The second-order valence-electron chi connectivity index (χ2n) is 3.84. The van der Waals surface area contributed by atoms with E-state index >= 15 is 0 Å². The number of fused-ring (bicyclic) bond motifs is 1. The van der Waals surface area contributed by atoms with E-state index < -0.39 is 5.97 Å². The molecule has 0 aliphatic rings. The van der Waals surface area contributed by atoms with Gasteiger partial charge in [-0.2, -0.15) is 0 Å². The number of hydrogen-bond acceptors (Lipinski definition) is 3. The smallest absolute Gasteiger partial charge is 0.335 e. The van der Waals surface area contributed by atoms with Crippen LogP contribution in [0, 0.1) is 0 Å². The number of benzene rings is 2. The summed E-state index contributed by atoms with van der Waals surface area (Å²) in [4.78, 5) is 11.0. The van der Waals surface area contributed by atoms with Gasteiger partial charge in [-0.15, -0.1) is 0 Å². The van der Waals surface area contributed by atoms with Crippen LogP contribution in [0.4, 0.5) is 0 Å². The molecule has 0 atom stereocenters. The van der Waals surface area contributed by atoms with Crippen molar-refractivity contribution in [3.05, 3.63) is 42.0 Å². The lowest BCUT2D eigenvalue weighted by molar-refractivity contribution is 0.0696. The van der Waals surface area contributed by atoms with Crippen molar-refractivity contribution < 1.29 is 19.4 Å². The highest BCUT2D eigenvalue weighted by molar-refractivity contribution is 5.97. The van der Waals surface area contributed by atoms with Crippen molar-refractivity contribution in [1.82, 2.24) is 0 Å². The lowest BCUT2D eigenvalue weighted by atomic mass is 10.1. The Kier molecular flexibility index (Phi) is 3.79. The summed E-state index contributed by atoms with van der Waals surface area (Å²) in [6, 6.07) is 10.7. The Morgan fingerprint density at radius 2 is 2.00 bits per heavy atom. The van der Waals surface area contributed by atoms with E-state index in [4.69, 9.17) is 14.6 Å². The average molecular weight is 246 g/mol. The minimum Gasteiger partial charge on any atom is -0.491 e. The maximum Gasteiger partial charge on any atom is 0.335 e. The van der Waals surface area contributed by atoms with Crippen LogP contribution in [0.5, 0.6) is 5.75 Å². The number of aromatic carboxylic acids is 1. The maximum atomic E-state index is 11.0. The molecule has 2 rings (SSSR count). The Hall–Kier alpha value is -2.07. The van der Waals surface area contributed by atoms with Crippen molar-refractivity contribution >= 4 is 16.7 Å². The summed E-state index contributed by atoms with van der Waals surface area (Å²) in [5.41, 5.74) is 0.223. The molecule has 0 unspecified atom stereocenters. The van der Waals surface area contributed by atoms with E-state index in [1.54, 1.807) is 19.2 Å². The molecule has 2 aromatic carbocycles. The molecule has 4 heteroatoms. The molecule has 94 valence electrons. The Morgan fingerprint density at radius 1 is 1.22 bits per heavy atom. The maximum absolute atomic E-state index is 11.0. The van der Waals surface area contributed by atoms with Crippen molar-refractivity contribution in [1.29, 1.82) is 0 Å². The molecule has 0 aliphatic heterocycles. The topological polar surface area (TPSA) is 55.8 Å². The number of rotatable bonds is 5. The number of carboxylic acid groups (broad SMARTS) is 1. The first-order valence-corrected chi connectivity index (χ1v) is 5.60. The van der Waals surface area contributed by atoms with E-state index in [1.807, 2.05) is 24.3 Å². The SMILES string of the molecule is COCCOc1cc(C(=O)O)cc2ccccc12. The summed E-state index contributed by atoms with van der Waals surface area (Å²) >= 11 is 0. The summed E-state index contributed by atoms with van der Waals surface area (Å²) in [5.74, 6) is -0.389. The standard InChI is InChI=1S/C14H14O4/c1-17-6-7-18-13-9-11(14(15)16)8-10-4-2-3-5-12(10)13/h2-5,8-9H,6-7H2,1H3,(H,15,16). The highest BCUT2D eigenvalue weighted by atomic mass is 16.5. The van der Waals surface area contributed by atoms with E-state index in [0.717, 1.165) is 10.8 Å². The van der Waals surface area contributed by atoms with Gasteiger partial charge < -0.3 is 14.6 Å². The molecule has 0 radical (unpaired) electrons. The zero-order valence-electron chi connectivity index (χ0n) is 10.1.